The van der Waals surface area contributed by atoms with Crippen molar-refractivity contribution in [3.63, 3.8) is 0 Å². The average molecular weight is 424 g/mol. The minimum absolute atomic E-state index is 0.0236. The predicted octanol–water partition coefficient (Wildman–Crippen LogP) is 1.41. The summed E-state index contributed by atoms with van der Waals surface area (Å²) < 4.78 is 33.0. The molecule has 1 aromatic carbocycles. The highest BCUT2D eigenvalue weighted by Crippen LogP contribution is 2.26. The number of hydrogen-bond acceptors (Lipinski definition) is 5. The van der Waals surface area contributed by atoms with Gasteiger partial charge in [0.1, 0.15) is 0 Å². The molecule has 1 aliphatic carbocycles. The molecule has 162 valence electrons. The van der Waals surface area contributed by atoms with E-state index in [0.717, 1.165) is 25.7 Å². The zero-order valence-electron chi connectivity index (χ0n) is 17.5. The van der Waals surface area contributed by atoms with Crippen LogP contribution < -0.4 is 5.32 Å². The van der Waals surface area contributed by atoms with Crippen molar-refractivity contribution < 1.29 is 17.9 Å². The molecule has 29 heavy (non-hydrogen) atoms. The van der Waals surface area contributed by atoms with Gasteiger partial charge in [0.2, 0.25) is 15.9 Å². The fourth-order valence-corrected chi connectivity index (χ4v) is 5.34. The summed E-state index contributed by atoms with van der Waals surface area (Å²) in [4.78, 5) is 14.5. The van der Waals surface area contributed by atoms with Gasteiger partial charge in [-0.05, 0) is 62.8 Å². The number of ether oxygens (including phenoxy) is 1. The summed E-state index contributed by atoms with van der Waals surface area (Å²) in [5.41, 5.74) is 2.44. The summed E-state index contributed by atoms with van der Waals surface area (Å²) in [6.07, 6.45) is 4.10. The van der Waals surface area contributed by atoms with Crippen molar-refractivity contribution in [2.75, 3.05) is 45.9 Å². The number of sulfonamides is 1. The number of carbonyl (C=O) groups excluding carboxylic acids is 1. The topological polar surface area (TPSA) is 79.0 Å². The van der Waals surface area contributed by atoms with Crippen LogP contribution in [0.2, 0.25) is 0 Å². The van der Waals surface area contributed by atoms with Gasteiger partial charge in [0.25, 0.3) is 0 Å². The fourth-order valence-electron chi connectivity index (χ4n) is 3.86. The van der Waals surface area contributed by atoms with E-state index in [9.17, 15) is 13.2 Å². The van der Waals surface area contributed by atoms with Gasteiger partial charge in [-0.15, -0.1) is 0 Å². The van der Waals surface area contributed by atoms with Crippen LogP contribution in [0, 0.1) is 0 Å². The summed E-state index contributed by atoms with van der Waals surface area (Å²) in [5.74, 6) is -0.0236. The van der Waals surface area contributed by atoms with E-state index in [0.29, 0.717) is 50.8 Å². The summed E-state index contributed by atoms with van der Waals surface area (Å²) in [6, 6.07) is 5.55. The summed E-state index contributed by atoms with van der Waals surface area (Å²) in [7, 11) is -3.47. The molecular formula is C21H33N3O4S. The Hall–Kier alpha value is -1.48. The number of piperazine rings is 1. The van der Waals surface area contributed by atoms with E-state index in [4.69, 9.17) is 4.74 Å². The maximum absolute atomic E-state index is 13.0. The lowest BCUT2D eigenvalue weighted by Crippen LogP contribution is -2.51. The highest BCUT2D eigenvalue weighted by molar-refractivity contribution is 7.89. The summed E-state index contributed by atoms with van der Waals surface area (Å²) in [5, 5.41) is 2.90. The maximum Gasteiger partial charge on any atom is 0.243 e. The number of rotatable bonds is 9. The van der Waals surface area contributed by atoms with Crippen LogP contribution in [0.25, 0.3) is 0 Å². The first kappa shape index (κ1) is 22.2. The lowest BCUT2D eigenvalue weighted by molar-refractivity contribution is -0.122. The molecule has 0 atom stereocenters. The monoisotopic (exact) mass is 423 g/mol. The number of nitrogens with zero attached hydrogens (tertiary/aromatic N) is 2. The van der Waals surface area contributed by atoms with Crippen LogP contribution in [0.1, 0.15) is 37.8 Å². The normalized spacial score (nSPS) is 18.2. The molecule has 1 fully saturated rings. The van der Waals surface area contributed by atoms with Gasteiger partial charge in [-0.3, -0.25) is 9.69 Å². The molecule has 0 saturated carbocycles. The predicted molar refractivity (Wildman–Crippen MR) is 112 cm³/mol. The van der Waals surface area contributed by atoms with Gasteiger partial charge in [-0.1, -0.05) is 6.07 Å². The first-order valence-electron chi connectivity index (χ1n) is 10.6. The molecule has 1 heterocycles. The number of nitrogens with one attached hydrogen (secondary N) is 1. The Kier molecular flexibility index (Phi) is 7.67. The number of benzene rings is 1. The van der Waals surface area contributed by atoms with Crippen LogP contribution in [0.4, 0.5) is 0 Å². The van der Waals surface area contributed by atoms with Crippen molar-refractivity contribution in [1.29, 1.82) is 0 Å². The van der Waals surface area contributed by atoms with E-state index in [1.807, 2.05) is 30.9 Å². The third kappa shape index (κ3) is 6.01. The SMILES string of the molecule is CC(C)OCCCNC(=O)CN1CCN(S(=O)(=O)c2ccc3c(c2)CCC3)CC1. The lowest BCUT2D eigenvalue weighted by Gasteiger charge is -2.33. The van der Waals surface area contributed by atoms with E-state index in [1.54, 1.807) is 10.4 Å². The standard InChI is InChI=1S/C21H33N3O4S/c1-17(2)28-14-4-9-22-21(25)16-23-10-12-24(13-11-23)29(26,27)20-8-7-18-5-3-6-19(18)15-20/h7-8,15,17H,3-6,9-14,16H2,1-2H3,(H,22,25). The molecule has 0 unspecified atom stereocenters. The highest BCUT2D eigenvalue weighted by Gasteiger charge is 2.29. The number of carbonyl (C=O) groups is 1. The molecule has 8 heteroatoms. The van der Waals surface area contributed by atoms with Crippen molar-refractivity contribution >= 4 is 15.9 Å². The Balaban J connectivity index is 1.43. The molecule has 0 aromatic heterocycles. The van der Waals surface area contributed by atoms with Gasteiger partial charge in [0.15, 0.2) is 0 Å². The van der Waals surface area contributed by atoms with E-state index in [-0.39, 0.29) is 12.0 Å². The van der Waals surface area contributed by atoms with Crippen molar-refractivity contribution in [2.24, 2.45) is 0 Å². The quantitative estimate of drug-likeness (QED) is 0.608. The first-order valence-corrected chi connectivity index (χ1v) is 12.0. The largest absolute Gasteiger partial charge is 0.379 e. The van der Waals surface area contributed by atoms with Crippen LogP contribution in [-0.2, 0) is 32.4 Å². The van der Waals surface area contributed by atoms with Crippen LogP contribution in [0.3, 0.4) is 0 Å². The molecule has 1 amide bonds. The molecule has 3 rings (SSSR count). The van der Waals surface area contributed by atoms with Crippen LogP contribution in [0.5, 0.6) is 0 Å². The number of amides is 1. The van der Waals surface area contributed by atoms with Crippen LogP contribution >= 0.6 is 0 Å². The van der Waals surface area contributed by atoms with Crippen molar-refractivity contribution in [3.8, 4) is 0 Å². The average Bonchev–Trinajstić information content (AvgIpc) is 3.16. The van der Waals surface area contributed by atoms with Crippen LogP contribution in [0.15, 0.2) is 23.1 Å². The second-order valence-corrected chi connectivity index (χ2v) is 10.0. The molecule has 1 aromatic rings. The lowest BCUT2D eigenvalue weighted by atomic mass is 10.1. The van der Waals surface area contributed by atoms with Gasteiger partial charge in [-0.25, -0.2) is 8.42 Å². The number of aryl methyl sites for hydroxylation is 2. The molecule has 0 bridgehead atoms. The van der Waals surface area contributed by atoms with E-state index >= 15 is 0 Å². The molecule has 2 aliphatic rings. The van der Waals surface area contributed by atoms with E-state index in [2.05, 4.69) is 5.32 Å². The van der Waals surface area contributed by atoms with Gasteiger partial charge in [-0.2, -0.15) is 4.31 Å². The number of fused-ring (bicyclic) bond motifs is 1. The second kappa shape index (κ2) is 10.0. The smallest absolute Gasteiger partial charge is 0.243 e. The van der Waals surface area contributed by atoms with Gasteiger partial charge in [0, 0.05) is 39.3 Å². The first-order chi connectivity index (χ1) is 13.9. The van der Waals surface area contributed by atoms with Gasteiger partial charge >= 0.3 is 0 Å². The molecule has 1 aliphatic heterocycles. The second-order valence-electron chi connectivity index (χ2n) is 8.09. The minimum Gasteiger partial charge on any atom is -0.379 e. The van der Waals surface area contributed by atoms with Crippen molar-refractivity contribution in [3.05, 3.63) is 29.3 Å². The summed E-state index contributed by atoms with van der Waals surface area (Å²) in [6.45, 7) is 7.46. The van der Waals surface area contributed by atoms with Gasteiger partial charge in [0.05, 0.1) is 17.5 Å². The summed E-state index contributed by atoms with van der Waals surface area (Å²) >= 11 is 0. The third-order valence-corrected chi connectivity index (χ3v) is 7.40. The zero-order valence-corrected chi connectivity index (χ0v) is 18.3. The van der Waals surface area contributed by atoms with E-state index < -0.39 is 10.0 Å². The minimum atomic E-state index is -3.47. The molecule has 0 spiro atoms. The maximum atomic E-state index is 13.0. The third-order valence-electron chi connectivity index (χ3n) is 5.50. The van der Waals surface area contributed by atoms with Crippen molar-refractivity contribution in [1.82, 2.24) is 14.5 Å². The molecule has 1 saturated heterocycles. The zero-order chi connectivity index (χ0) is 20.9. The highest BCUT2D eigenvalue weighted by atomic mass is 32.2. The number of hydrogen-bond donors (Lipinski definition) is 1. The Labute approximate surface area is 174 Å². The van der Waals surface area contributed by atoms with Gasteiger partial charge < -0.3 is 10.1 Å². The Bertz CT molecular complexity index is 802. The van der Waals surface area contributed by atoms with Crippen molar-refractivity contribution in [2.45, 2.75) is 50.5 Å². The van der Waals surface area contributed by atoms with Crippen LogP contribution in [-0.4, -0.2) is 75.5 Å². The Morgan fingerprint density at radius 1 is 1.14 bits per heavy atom. The Morgan fingerprint density at radius 3 is 2.59 bits per heavy atom. The Morgan fingerprint density at radius 2 is 1.86 bits per heavy atom. The van der Waals surface area contributed by atoms with E-state index in [1.165, 1.54) is 11.1 Å². The molecular weight excluding hydrogens is 390 g/mol. The fraction of sp³-hybridized carbons (Fsp3) is 0.667. The molecule has 0 radical (unpaired) electrons. The molecule has 7 nitrogen and oxygen atoms in total. The molecule has 1 N–H and O–H groups in total.